The lowest BCUT2D eigenvalue weighted by Crippen LogP contribution is -2.25. The van der Waals surface area contributed by atoms with Crippen molar-refractivity contribution in [2.75, 3.05) is 0 Å². The molecule has 0 radical (unpaired) electrons. The Labute approximate surface area is 132 Å². The van der Waals surface area contributed by atoms with Crippen LogP contribution in [0.3, 0.4) is 0 Å². The van der Waals surface area contributed by atoms with E-state index in [0.29, 0.717) is 12.0 Å². The Kier molecular flexibility index (Phi) is 4.99. The monoisotopic (exact) mass is 297 g/mol. The summed E-state index contributed by atoms with van der Waals surface area (Å²) >= 11 is 0. The molecule has 2 aromatic carbocycles. The van der Waals surface area contributed by atoms with Gasteiger partial charge in [0, 0.05) is 6.04 Å². The Morgan fingerprint density at radius 3 is 2.27 bits per heavy atom. The van der Waals surface area contributed by atoms with Gasteiger partial charge in [0.2, 0.25) is 0 Å². The summed E-state index contributed by atoms with van der Waals surface area (Å²) in [5.74, 6) is -0.302. The largest absolute Gasteiger partial charge is 0.456 e. The van der Waals surface area contributed by atoms with Gasteiger partial charge in [0.15, 0.2) is 0 Å². The maximum absolute atomic E-state index is 12.3. The molecular weight excluding hydrogens is 274 g/mol. The normalized spacial score (nSPS) is 12.7. The van der Waals surface area contributed by atoms with Crippen LogP contribution in [0.5, 0.6) is 0 Å². The Hall–Kier alpha value is -2.13. The van der Waals surface area contributed by atoms with Crippen molar-refractivity contribution in [1.29, 1.82) is 0 Å². The molecule has 0 bridgehead atoms. The van der Waals surface area contributed by atoms with Crippen molar-refractivity contribution in [1.82, 2.24) is 0 Å². The molecule has 0 aliphatic rings. The summed E-state index contributed by atoms with van der Waals surface area (Å²) in [5.41, 5.74) is 8.32. The molecule has 2 aromatic rings. The van der Waals surface area contributed by atoms with Gasteiger partial charge in [-0.25, -0.2) is 4.79 Å². The number of benzene rings is 2. The van der Waals surface area contributed by atoms with Crippen LogP contribution < -0.4 is 5.73 Å². The van der Waals surface area contributed by atoms with E-state index in [1.54, 1.807) is 6.07 Å². The van der Waals surface area contributed by atoms with Gasteiger partial charge in [-0.15, -0.1) is 0 Å². The zero-order chi connectivity index (χ0) is 16.2. The molecule has 3 nitrogen and oxygen atoms in total. The molecule has 0 amide bonds. The van der Waals surface area contributed by atoms with Crippen molar-refractivity contribution in [2.24, 2.45) is 5.73 Å². The molecule has 0 saturated carbocycles. The number of nitrogens with two attached hydrogens (primary N) is 1. The molecule has 2 N–H and O–H groups in total. The number of rotatable bonds is 4. The molecule has 2 rings (SSSR count). The van der Waals surface area contributed by atoms with Crippen molar-refractivity contribution in [3.63, 3.8) is 0 Å². The summed E-state index contributed by atoms with van der Waals surface area (Å²) in [6.45, 7) is 5.59. The van der Waals surface area contributed by atoms with Gasteiger partial charge in [-0.05, 0) is 44.4 Å². The average Bonchev–Trinajstić information content (AvgIpc) is 2.47. The van der Waals surface area contributed by atoms with Crippen LogP contribution in [-0.2, 0) is 11.2 Å². The van der Waals surface area contributed by atoms with E-state index in [1.807, 2.05) is 69.3 Å². The highest BCUT2D eigenvalue weighted by atomic mass is 16.6. The van der Waals surface area contributed by atoms with Crippen LogP contribution >= 0.6 is 0 Å². The molecule has 0 heterocycles. The highest BCUT2D eigenvalue weighted by Crippen LogP contribution is 2.21. The molecule has 0 aliphatic carbocycles. The standard InChI is InChI=1S/C19H23NO2/c1-19(2,3)22-18(21)16-12-8-7-11-15(16)13-17(20)14-9-5-4-6-10-14/h4-12,17H,13,20H2,1-3H3. The lowest BCUT2D eigenvalue weighted by atomic mass is 9.96. The molecular formula is C19H23NO2. The molecule has 116 valence electrons. The van der Waals surface area contributed by atoms with E-state index in [9.17, 15) is 4.79 Å². The molecule has 1 unspecified atom stereocenters. The third-order valence-corrected chi connectivity index (χ3v) is 3.30. The summed E-state index contributed by atoms with van der Waals surface area (Å²) in [6.07, 6.45) is 0.597. The van der Waals surface area contributed by atoms with Gasteiger partial charge in [-0.3, -0.25) is 0 Å². The second-order valence-electron chi connectivity index (χ2n) is 6.38. The van der Waals surface area contributed by atoms with Crippen LogP contribution in [0.2, 0.25) is 0 Å². The average molecular weight is 297 g/mol. The third-order valence-electron chi connectivity index (χ3n) is 3.30. The number of carbonyl (C=O) groups excluding carboxylic acids is 1. The Bertz CT molecular complexity index is 629. The first-order valence-electron chi connectivity index (χ1n) is 7.48. The summed E-state index contributed by atoms with van der Waals surface area (Å²) in [7, 11) is 0. The van der Waals surface area contributed by atoms with Gasteiger partial charge in [-0.2, -0.15) is 0 Å². The van der Waals surface area contributed by atoms with Crippen LogP contribution in [0, 0.1) is 0 Å². The number of hydrogen-bond donors (Lipinski definition) is 1. The second kappa shape index (κ2) is 6.75. The lowest BCUT2D eigenvalue weighted by molar-refractivity contribution is 0.00683. The fourth-order valence-electron chi connectivity index (χ4n) is 2.29. The number of esters is 1. The van der Waals surface area contributed by atoms with E-state index in [2.05, 4.69) is 0 Å². The quantitative estimate of drug-likeness (QED) is 0.871. The van der Waals surface area contributed by atoms with Crippen LogP contribution in [0.1, 0.15) is 48.3 Å². The van der Waals surface area contributed by atoms with Gasteiger partial charge in [0.1, 0.15) is 5.60 Å². The predicted octanol–water partition coefficient (Wildman–Crippen LogP) is 3.88. The minimum Gasteiger partial charge on any atom is -0.456 e. The van der Waals surface area contributed by atoms with Crippen LogP contribution in [-0.4, -0.2) is 11.6 Å². The number of ether oxygens (including phenoxy) is 1. The highest BCUT2D eigenvalue weighted by molar-refractivity contribution is 5.91. The Morgan fingerprint density at radius 2 is 1.64 bits per heavy atom. The van der Waals surface area contributed by atoms with Gasteiger partial charge < -0.3 is 10.5 Å². The van der Waals surface area contributed by atoms with Crippen molar-refractivity contribution in [2.45, 2.75) is 38.8 Å². The third kappa shape index (κ3) is 4.43. The zero-order valence-electron chi connectivity index (χ0n) is 13.4. The predicted molar refractivity (Wildman–Crippen MR) is 88.7 cm³/mol. The first-order chi connectivity index (χ1) is 10.4. The summed E-state index contributed by atoms with van der Waals surface area (Å²) in [4.78, 5) is 12.3. The summed E-state index contributed by atoms with van der Waals surface area (Å²) in [5, 5.41) is 0. The van der Waals surface area contributed by atoms with E-state index in [4.69, 9.17) is 10.5 Å². The van der Waals surface area contributed by atoms with Crippen LogP contribution in [0.4, 0.5) is 0 Å². The lowest BCUT2D eigenvalue weighted by Gasteiger charge is -2.21. The van der Waals surface area contributed by atoms with Crippen molar-refractivity contribution >= 4 is 5.97 Å². The minimum absolute atomic E-state index is 0.148. The summed E-state index contributed by atoms with van der Waals surface area (Å²) in [6, 6.07) is 17.2. The SMILES string of the molecule is CC(C)(C)OC(=O)c1ccccc1CC(N)c1ccccc1. The van der Waals surface area contributed by atoms with E-state index in [0.717, 1.165) is 11.1 Å². The molecule has 3 heteroatoms. The van der Waals surface area contributed by atoms with Crippen LogP contribution in [0.15, 0.2) is 54.6 Å². The van der Waals surface area contributed by atoms with Gasteiger partial charge in [-0.1, -0.05) is 48.5 Å². The molecule has 1 atom stereocenters. The number of hydrogen-bond acceptors (Lipinski definition) is 3. The fraction of sp³-hybridized carbons (Fsp3) is 0.316. The fourth-order valence-corrected chi connectivity index (χ4v) is 2.29. The molecule has 0 saturated heterocycles. The first kappa shape index (κ1) is 16.2. The van der Waals surface area contributed by atoms with Crippen molar-refractivity contribution in [3.05, 3.63) is 71.3 Å². The van der Waals surface area contributed by atoms with Gasteiger partial charge >= 0.3 is 5.97 Å². The van der Waals surface area contributed by atoms with Crippen molar-refractivity contribution in [3.8, 4) is 0 Å². The molecule has 0 fully saturated rings. The molecule has 0 aliphatic heterocycles. The van der Waals surface area contributed by atoms with Crippen LogP contribution in [0.25, 0.3) is 0 Å². The minimum atomic E-state index is -0.508. The summed E-state index contributed by atoms with van der Waals surface area (Å²) < 4.78 is 5.47. The Morgan fingerprint density at radius 1 is 1.05 bits per heavy atom. The zero-order valence-corrected chi connectivity index (χ0v) is 13.4. The maximum Gasteiger partial charge on any atom is 0.338 e. The first-order valence-corrected chi connectivity index (χ1v) is 7.48. The van der Waals surface area contributed by atoms with E-state index >= 15 is 0 Å². The van der Waals surface area contributed by atoms with Gasteiger partial charge in [0.05, 0.1) is 5.56 Å². The van der Waals surface area contributed by atoms with E-state index in [-0.39, 0.29) is 12.0 Å². The Balaban J connectivity index is 2.20. The topological polar surface area (TPSA) is 52.3 Å². The van der Waals surface area contributed by atoms with Gasteiger partial charge in [0.25, 0.3) is 0 Å². The molecule has 0 spiro atoms. The number of carbonyl (C=O) groups is 1. The second-order valence-corrected chi connectivity index (χ2v) is 6.38. The van der Waals surface area contributed by atoms with E-state index in [1.165, 1.54) is 0 Å². The highest BCUT2D eigenvalue weighted by Gasteiger charge is 2.21. The maximum atomic E-state index is 12.3. The molecule has 0 aromatic heterocycles. The van der Waals surface area contributed by atoms with E-state index < -0.39 is 5.60 Å². The molecule has 22 heavy (non-hydrogen) atoms. The van der Waals surface area contributed by atoms with Crippen molar-refractivity contribution < 1.29 is 9.53 Å². The smallest absolute Gasteiger partial charge is 0.338 e.